The van der Waals surface area contributed by atoms with Gasteiger partial charge < -0.3 is 10.5 Å². The summed E-state index contributed by atoms with van der Waals surface area (Å²) in [4.78, 5) is 11.2. The fraction of sp³-hybridized carbons (Fsp3) is 0.500. The van der Waals surface area contributed by atoms with Crippen LogP contribution in [0.1, 0.15) is 13.8 Å². The second-order valence-electron chi connectivity index (χ2n) is 3.73. The van der Waals surface area contributed by atoms with Gasteiger partial charge >= 0.3 is 16.3 Å². The van der Waals surface area contributed by atoms with E-state index in [2.05, 4.69) is 14.6 Å². The summed E-state index contributed by atoms with van der Waals surface area (Å²) >= 11 is 0. The van der Waals surface area contributed by atoms with E-state index in [4.69, 9.17) is 5.73 Å². The molecule has 0 bridgehead atoms. The van der Waals surface area contributed by atoms with E-state index in [-0.39, 0.29) is 11.5 Å². The first kappa shape index (κ1) is 14.1. The number of rotatable bonds is 4. The number of anilines is 2. The van der Waals surface area contributed by atoms with Crippen LogP contribution in [0.5, 0.6) is 0 Å². The molecule has 9 nitrogen and oxygen atoms in total. The lowest BCUT2D eigenvalue weighted by Gasteiger charge is -2.11. The van der Waals surface area contributed by atoms with Gasteiger partial charge in [-0.25, -0.2) is 14.2 Å². The first-order valence-corrected chi connectivity index (χ1v) is 6.48. The highest BCUT2D eigenvalue weighted by molar-refractivity contribution is 7.91. The number of nitrogen functional groups attached to an aromatic ring is 1. The molecule has 0 unspecified atom stereocenters. The van der Waals surface area contributed by atoms with Crippen molar-refractivity contribution in [3.63, 3.8) is 0 Å². The van der Waals surface area contributed by atoms with Crippen LogP contribution in [0.15, 0.2) is 6.20 Å². The maximum atomic E-state index is 11.6. The Morgan fingerprint density at radius 1 is 1.56 bits per heavy atom. The van der Waals surface area contributed by atoms with Crippen LogP contribution < -0.4 is 15.2 Å². The fourth-order valence-corrected chi connectivity index (χ4v) is 1.90. The highest BCUT2D eigenvalue weighted by Gasteiger charge is 2.19. The van der Waals surface area contributed by atoms with E-state index in [1.165, 1.54) is 17.9 Å². The average molecular weight is 277 g/mol. The molecule has 0 fully saturated rings. The standard InChI is InChI=1S/C8H15N5O4S/c1-5(2)17-8(14)12-18(15,16)11-7-6(9)4-10-13(7)3/h4-5,11H,9H2,1-3H3,(H,12,14). The van der Waals surface area contributed by atoms with E-state index >= 15 is 0 Å². The van der Waals surface area contributed by atoms with Crippen LogP contribution in [0.25, 0.3) is 0 Å². The number of aryl methyl sites for hydroxylation is 1. The molecule has 0 aliphatic carbocycles. The molecule has 0 spiro atoms. The van der Waals surface area contributed by atoms with Gasteiger partial charge in [-0.15, -0.1) is 0 Å². The normalized spacial score (nSPS) is 11.3. The Balaban J connectivity index is 2.74. The van der Waals surface area contributed by atoms with Crippen molar-refractivity contribution in [2.24, 2.45) is 7.05 Å². The van der Waals surface area contributed by atoms with E-state index in [9.17, 15) is 13.2 Å². The Hall–Kier alpha value is -1.97. The zero-order valence-corrected chi connectivity index (χ0v) is 11.0. The summed E-state index contributed by atoms with van der Waals surface area (Å²) in [5.74, 6) is 0.0554. The summed E-state index contributed by atoms with van der Waals surface area (Å²) in [7, 11) is -2.61. The van der Waals surface area contributed by atoms with Crippen molar-refractivity contribution in [1.29, 1.82) is 0 Å². The van der Waals surface area contributed by atoms with Gasteiger partial charge in [0.1, 0.15) is 0 Å². The third-order valence-electron chi connectivity index (χ3n) is 1.76. The Kier molecular flexibility index (Phi) is 4.01. The molecule has 0 aromatic carbocycles. The Morgan fingerprint density at radius 2 is 2.17 bits per heavy atom. The van der Waals surface area contributed by atoms with Gasteiger partial charge in [0, 0.05) is 7.05 Å². The van der Waals surface area contributed by atoms with Gasteiger partial charge in [-0.2, -0.15) is 13.5 Å². The molecule has 4 N–H and O–H groups in total. The van der Waals surface area contributed by atoms with Crippen LogP contribution in [0.4, 0.5) is 16.3 Å². The molecule has 0 radical (unpaired) electrons. The number of nitrogens with two attached hydrogens (primary N) is 1. The first-order valence-electron chi connectivity index (χ1n) is 5.00. The minimum absolute atomic E-state index is 0.0554. The Bertz CT molecular complexity index is 516. The number of nitrogens with zero attached hydrogens (tertiary/aromatic N) is 2. The van der Waals surface area contributed by atoms with Crippen LogP contribution in [-0.4, -0.2) is 30.4 Å². The van der Waals surface area contributed by atoms with Gasteiger partial charge in [0.25, 0.3) is 0 Å². The highest BCUT2D eigenvalue weighted by Crippen LogP contribution is 2.16. The van der Waals surface area contributed by atoms with E-state index in [1.807, 2.05) is 0 Å². The van der Waals surface area contributed by atoms with Crippen molar-refractivity contribution in [3.05, 3.63) is 6.20 Å². The summed E-state index contributed by atoms with van der Waals surface area (Å²) in [6.07, 6.45) is -0.218. The zero-order chi connectivity index (χ0) is 13.9. The van der Waals surface area contributed by atoms with Gasteiger partial charge in [-0.3, -0.25) is 4.68 Å². The maximum Gasteiger partial charge on any atom is 0.422 e. The van der Waals surface area contributed by atoms with Gasteiger partial charge in [0.15, 0.2) is 5.82 Å². The molecule has 0 aliphatic heterocycles. The summed E-state index contributed by atoms with van der Waals surface area (Å²) < 4.78 is 32.8. The average Bonchev–Trinajstić information content (AvgIpc) is 2.46. The molecule has 1 amide bonds. The number of nitrogens with one attached hydrogen (secondary N) is 2. The summed E-state index contributed by atoms with van der Waals surface area (Å²) in [5.41, 5.74) is 5.64. The van der Waals surface area contributed by atoms with Gasteiger partial charge in [-0.05, 0) is 13.8 Å². The molecule has 1 aromatic heterocycles. The van der Waals surface area contributed by atoms with Crippen LogP contribution in [0.3, 0.4) is 0 Å². The summed E-state index contributed by atoms with van der Waals surface area (Å²) in [5, 5.41) is 3.75. The van der Waals surface area contributed by atoms with E-state index in [0.29, 0.717) is 0 Å². The number of carbonyl (C=O) groups is 1. The lowest BCUT2D eigenvalue weighted by molar-refractivity contribution is 0.121. The molecule has 1 aromatic rings. The molecule has 0 saturated carbocycles. The number of hydrogen-bond donors (Lipinski definition) is 3. The Morgan fingerprint density at radius 3 is 2.61 bits per heavy atom. The molecule has 0 saturated heterocycles. The predicted octanol–water partition coefficient (Wildman–Crippen LogP) is -0.206. The van der Waals surface area contributed by atoms with Crippen LogP contribution in [-0.2, 0) is 22.0 Å². The SMILES string of the molecule is CC(C)OC(=O)NS(=O)(=O)Nc1c(N)cnn1C. The predicted molar refractivity (Wildman–Crippen MR) is 64.9 cm³/mol. The Labute approximate surface area is 104 Å². The molecule has 1 heterocycles. The minimum Gasteiger partial charge on any atom is -0.446 e. The largest absolute Gasteiger partial charge is 0.446 e. The van der Waals surface area contributed by atoms with Crippen LogP contribution in [0, 0.1) is 0 Å². The van der Waals surface area contributed by atoms with Crippen molar-refractivity contribution in [1.82, 2.24) is 14.5 Å². The van der Waals surface area contributed by atoms with Crippen LogP contribution >= 0.6 is 0 Å². The van der Waals surface area contributed by atoms with Gasteiger partial charge in [0.05, 0.1) is 18.0 Å². The molecule has 10 heteroatoms. The zero-order valence-electron chi connectivity index (χ0n) is 10.2. The van der Waals surface area contributed by atoms with Crippen molar-refractivity contribution < 1.29 is 17.9 Å². The number of ether oxygens (including phenoxy) is 1. The van der Waals surface area contributed by atoms with Crippen molar-refractivity contribution in [3.8, 4) is 0 Å². The molecular formula is C8H15N5O4S. The quantitative estimate of drug-likeness (QED) is 0.698. The second kappa shape index (κ2) is 5.12. The maximum absolute atomic E-state index is 11.6. The number of amides is 1. The van der Waals surface area contributed by atoms with Gasteiger partial charge in [-0.1, -0.05) is 0 Å². The summed E-state index contributed by atoms with van der Waals surface area (Å²) in [6.45, 7) is 3.19. The molecule has 1 rings (SSSR count). The molecule has 102 valence electrons. The van der Waals surface area contributed by atoms with Crippen molar-refractivity contribution in [2.45, 2.75) is 20.0 Å². The highest BCUT2D eigenvalue weighted by atomic mass is 32.2. The molecule has 0 aliphatic rings. The number of carbonyl (C=O) groups excluding carboxylic acids is 1. The molecular weight excluding hydrogens is 262 g/mol. The fourth-order valence-electron chi connectivity index (χ4n) is 1.08. The molecule has 18 heavy (non-hydrogen) atoms. The van der Waals surface area contributed by atoms with Crippen LogP contribution in [0.2, 0.25) is 0 Å². The first-order chi connectivity index (χ1) is 8.21. The second-order valence-corrected chi connectivity index (χ2v) is 5.15. The monoisotopic (exact) mass is 277 g/mol. The minimum atomic E-state index is -4.11. The van der Waals surface area contributed by atoms with Crippen molar-refractivity contribution in [2.75, 3.05) is 10.5 Å². The molecule has 0 atom stereocenters. The summed E-state index contributed by atoms with van der Waals surface area (Å²) in [6, 6.07) is 0. The van der Waals surface area contributed by atoms with Gasteiger partial charge in [0.2, 0.25) is 0 Å². The number of aromatic nitrogens is 2. The third-order valence-corrected chi connectivity index (χ3v) is 2.66. The van der Waals surface area contributed by atoms with E-state index < -0.39 is 22.4 Å². The van der Waals surface area contributed by atoms with Crippen molar-refractivity contribution >= 4 is 27.8 Å². The lowest BCUT2D eigenvalue weighted by Crippen LogP contribution is -2.37. The lowest BCUT2D eigenvalue weighted by atomic mass is 10.5. The number of hydrogen-bond acceptors (Lipinski definition) is 6. The van der Waals surface area contributed by atoms with E-state index in [1.54, 1.807) is 18.6 Å². The smallest absolute Gasteiger partial charge is 0.422 e. The third kappa shape index (κ3) is 3.80. The topological polar surface area (TPSA) is 128 Å². The van der Waals surface area contributed by atoms with E-state index in [0.717, 1.165) is 0 Å².